The fourth-order valence-electron chi connectivity index (χ4n) is 5.02. The Morgan fingerprint density at radius 1 is 0.590 bits per heavy atom. The van der Waals surface area contributed by atoms with E-state index in [4.69, 9.17) is 0 Å². The highest BCUT2D eigenvalue weighted by atomic mass is 16.3. The molecule has 3 N–H and O–H groups in total. The SMILES string of the molecule is CCCCCCCCCCCC/C=C/CC/C=C/C(O)C(CO)NC(=O)CCCCCCCCCCCCC. The molecule has 0 radical (unpaired) electrons. The third kappa shape index (κ3) is 28.2. The lowest BCUT2D eigenvalue weighted by molar-refractivity contribution is -0.123. The molecule has 2 unspecified atom stereocenters. The van der Waals surface area contributed by atoms with Gasteiger partial charge >= 0.3 is 0 Å². The van der Waals surface area contributed by atoms with Crippen molar-refractivity contribution in [3.63, 3.8) is 0 Å². The molecular formula is C35H67NO3. The Hall–Kier alpha value is -1.13. The van der Waals surface area contributed by atoms with Crippen LogP contribution < -0.4 is 5.32 Å². The number of unbranched alkanes of at least 4 members (excludes halogenated alkanes) is 21. The van der Waals surface area contributed by atoms with Crippen molar-refractivity contribution in [1.82, 2.24) is 5.32 Å². The minimum atomic E-state index is -0.855. The standard InChI is InChI=1S/C35H67NO3/c1-3-5-7-9-11-13-15-16-17-18-19-21-22-24-26-28-30-34(38)33(32-37)36-35(39)31-29-27-25-23-20-14-12-10-8-6-4-2/h21-22,28,30,33-34,37-38H,3-20,23-27,29,31-32H2,1-2H3,(H,36,39)/b22-21+,30-28+. The molecule has 0 spiro atoms. The Morgan fingerprint density at radius 2 is 1.00 bits per heavy atom. The highest BCUT2D eigenvalue weighted by Crippen LogP contribution is 2.13. The third-order valence-corrected chi connectivity index (χ3v) is 7.69. The number of rotatable bonds is 30. The Kier molecular flexibility index (Phi) is 30.5. The van der Waals surface area contributed by atoms with Crippen molar-refractivity contribution >= 4 is 5.91 Å². The maximum Gasteiger partial charge on any atom is 0.220 e. The molecule has 230 valence electrons. The summed E-state index contributed by atoms with van der Waals surface area (Å²) in [6.45, 7) is 4.27. The molecule has 0 aromatic carbocycles. The summed E-state index contributed by atoms with van der Waals surface area (Å²) in [6, 6.07) is -0.631. The van der Waals surface area contributed by atoms with E-state index in [2.05, 4.69) is 31.3 Å². The minimum absolute atomic E-state index is 0.0765. The zero-order valence-electron chi connectivity index (χ0n) is 26.2. The van der Waals surface area contributed by atoms with Crippen molar-refractivity contribution in [2.75, 3.05) is 6.61 Å². The number of carbonyl (C=O) groups is 1. The van der Waals surface area contributed by atoms with Crippen LogP contribution in [0.4, 0.5) is 0 Å². The number of aliphatic hydroxyl groups excluding tert-OH is 2. The number of hydrogen-bond donors (Lipinski definition) is 3. The molecular weight excluding hydrogens is 482 g/mol. The lowest BCUT2D eigenvalue weighted by Gasteiger charge is -2.19. The third-order valence-electron chi connectivity index (χ3n) is 7.69. The van der Waals surface area contributed by atoms with E-state index in [1.165, 1.54) is 122 Å². The fourth-order valence-corrected chi connectivity index (χ4v) is 5.02. The van der Waals surface area contributed by atoms with E-state index in [0.29, 0.717) is 6.42 Å². The summed E-state index contributed by atoms with van der Waals surface area (Å²) >= 11 is 0. The monoisotopic (exact) mass is 550 g/mol. The molecule has 0 aromatic heterocycles. The van der Waals surface area contributed by atoms with Gasteiger partial charge in [0.25, 0.3) is 0 Å². The number of aliphatic hydroxyl groups is 2. The maximum atomic E-state index is 12.2. The van der Waals surface area contributed by atoms with Gasteiger partial charge in [0.15, 0.2) is 0 Å². The van der Waals surface area contributed by atoms with Gasteiger partial charge in [0.1, 0.15) is 0 Å². The highest BCUT2D eigenvalue weighted by molar-refractivity contribution is 5.76. The summed E-state index contributed by atoms with van der Waals surface area (Å²) in [7, 11) is 0. The van der Waals surface area contributed by atoms with Crippen molar-refractivity contribution in [3.8, 4) is 0 Å². The molecule has 0 rings (SSSR count). The molecule has 0 aliphatic rings. The summed E-state index contributed by atoms with van der Waals surface area (Å²) in [6.07, 6.45) is 38.3. The lowest BCUT2D eigenvalue weighted by atomic mass is 10.0. The van der Waals surface area contributed by atoms with Crippen LogP contribution in [0, 0.1) is 0 Å². The second-order valence-electron chi connectivity index (χ2n) is 11.6. The maximum absolute atomic E-state index is 12.2. The molecule has 1 amide bonds. The van der Waals surface area contributed by atoms with Crippen LogP contribution in [-0.2, 0) is 4.79 Å². The van der Waals surface area contributed by atoms with E-state index < -0.39 is 12.1 Å². The van der Waals surface area contributed by atoms with Gasteiger partial charge in [-0.1, -0.05) is 160 Å². The molecule has 4 nitrogen and oxygen atoms in total. The highest BCUT2D eigenvalue weighted by Gasteiger charge is 2.17. The van der Waals surface area contributed by atoms with Gasteiger partial charge in [0.2, 0.25) is 5.91 Å². The molecule has 0 aliphatic heterocycles. The smallest absolute Gasteiger partial charge is 0.220 e. The van der Waals surface area contributed by atoms with E-state index in [9.17, 15) is 15.0 Å². The first-order valence-corrected chi connectivity index (χ1v) is 17.1. The van der Waals surface area contributed by atoms with E-state index >= 15 is 0 Å². The topological polar surface area (TPSA) is 69.6 Å². The average molecular weight is 550 g/mol. The van der Waals surface area contributed by atoms with Gasteiger partial charge in [0.05, 0.1) is 18.8 Å². The van der Waals surface area contributed by atoms with Crippen LogP contribution >= 0.6 is 0 Å². The van der Waals surface area contributed by atoms with Crippen molar-refractivity contribution in [2.24, 2.45) is 0 Å². The van der Waals surface area contributed by atoms with Gasteiger partial charge in [0, 0.05) is 6.42 Å². The largest absolute Gasteiger partial charge is 0.394 e. The molecule has 0 fully saturated rings. The molecule has 0 heterocycles. The van der Waals surface area contributed by atoms with Gasteiger partial charge in [-0.3, -0.25) is 4.79 Å². The first kappa shape index (κ1) is 37.9. The first-order chi connectivity index (χ1) is 19.2. The zero-order chi connectivity index (χ0) is 28.7. The van der Waals surface area contributed by atoms with Crippen molar-refractivity contribution in [3.05, 3.63) is 24.3 Å². The Morgan fingerprint density at radius 3 is 1.49 bits per heavy atom. The Bertz CT molecular complexity index is 560. The molecule has 4 heteroatoms. The van der Waals surface area contributed by atoms with Gasteiger partial charge in [-0.25, -0.2) is 0 Å². The van der Waals surface area contributed by atoms with Crippen LogP contribution in [0.25, 0.3) is 0 Å². The minimum Gasteiger partial charge on any atom is -0.394 e. The van der Waals surface area contributed by atoms with Gasteiger partial charge in [-0.15, -0.1) is 0 Å². The van der Waals surface area contributed by atoms with Gasteiger partial charge < -0.3 is 15.5 Å². The van der Waals surface area contributed by atoms with Crippen molar-refractivity contribution in [1.29, 1.82) is 0 Å². The number of amides is 1. The number of carbonyl (C=O) groups excluding carboxylic acids is 1. The fraction of sp³-hybridized carbons (Fsp3) is 0.857. The Balaban J connectivity index is 3.69. The van der Waals surface area contributed by atoms with Crippen molar-refractivity contribution < 1.29 is 15.0 Å². The molecule has 0 bridgehead atoms. The van der Waals surface area contributed by atoms with Crippen LogP contribution in [0.5, 0.6) is 0 Å². The lowest BCUT2D eigenvalue weighted by Crippen LogP contribution is -2.45. The van der Waals surface area contributed by atoms with E-state index in [-0.39, 0.29) is 12.5 Å². The predicted molar refractivity (Wildman–Crippen MR) is 170 cm³/mol. The first-order valence-electron chi connectivity index (χ1n) is 17.1. The van der Waals surface area contributed by atoms with Gasteiger partial charge in [-0.2, -0.15) is 0 Å². The summed E-state index contributed by atoms with van der Waals surface area (Å²) < 4.78 is 0. The second-order valence-corrected chi connectivity index (χ2v) is 11.6. The number of nitrogens with one attached hydrogen (secondary N) is 1. The molecule has 0 aliphatic carbocycles. The van der Waals surface area contributed by atoms with Crippen LogP contribution in [0.3, 0.4) is 0 Å². The van der Waals surface area contributed by atoms with E-state index in [0.717, 1.165) is 32.1 Å². The molecule has 0 aromatic rings. The normalized spacial score (nSPS) is 13.4. The molecule has 0 saturated heterocycles. The van der Waals surface area contributed by atoms with E-state index in [1.807, 2.05) is 6.08 Å². The zero-order valence-corrected chi connectivity index (χ0v) is 26.2. The summed E-state index contributed by atoms with van der Waals surface area (Å²) in [5.41, 5.74) is 0. The summed E-state index contributed by atoms with van der Waals surface area (Å²) in [5.74, 6) is -0.0765. The van der Waals surface area contributed by atoms with Crippen LogP contribution in [0.15, 0.2) is 24.3 Å². The molecule has 2 atom stereocenters. The average Bonchev–Trinajstić information content (AvgIpc) is 2.94. The predicted octanol–water partition coefficient (Wildman–Crippen LogP) is 9.73. The van der Waals surface area contributed by atoms with Crippen LogP contribution in [-0.4, -0.2) is 34.9 Å². The summed E-state index contributed by atoms with van der Waals surface area (Å²) in [4.78, 5) is 12.2. The van der Waals surface area contributed by atoms with Crippen molar-refractivity contribution in [2.45, 2.75) is 187 Å². The second kappa shape index (κ2) is 31.4. The molecule has 39 heavy (non-hydrogen) atoms. The Labute approximate surface area is 243 Å². The van der Waals surface area contributed by atoms with Crippen LogP contribution in [0.2, 0.25) is 0 Å². The number of hydrogen-bond acceptors (Lipinski definition) is 3. The molecule has 0 saturated carbocycles. The van der Waals surface area contributed by atoms with E-state index in [1.54, 1.807) is 6.08 Å². The number of allylic oxidation sites excluding steroid dienone is 3. The van der Waals surface area contributed by atoms with Gasteiger partial charge in [-0.05, 0) is 32.1 Å². The quantitative estimate of drug-likeness (QED) is 0.0617. The van der Waals surface area contributed by atoms with Crippen LogP contribution in [0.1, 0.15) is 174 Å². The summed E-state index contributed by atoms with van der Waals surface area (Å²) in [5, 5.41) is 22.8.